The van der Waals surface area contributed by atoms with Crippen molar-refractivity contribution in [3.8, 4) is 5.75 Å². The topological polar surface area (TPSA) is 166 Å². The van der Waals surface area contributed by atoms with Gasteiger partial charge < -0.3 is 36.0 Å². The van der Waals surface area contributed by atoms with Crippen LogP contribution in [0.3, 0.4) is 0 Å². The second kappa shape index (κ2) is 12.7. The molecule has 5 amide bonds. The second-order valence-corrected chi connectivity index (χ2v) is 8.30. The van der Waals surface area contributed by atoms with Gasteiger partial charge in [-0.05, 0) is 25.0 Å². The Morgan fingerprint density at radius 3 is 2.71 bits per heavy atom. The fourth-order valence-corrected chi connectivity index (χ4v) is 3.86. The fraction of sp³-hybridized carbons (Fsp3) is 0.522. The van der Waals surface area contributed by atoms with Gasteiger partial charge in [-0.15, -0.1) is 0 Å². The third-order valence-corrected chi connectivity index (χ3v) is 5.71. The minimum Gasteiger partial charge on any atom is -0.491 e. The molecule has 0 unspecified atom stereocenters. The van der Waals surface area contributed by atoms with Crippen LogP contribution in [0.1, 0.15) is 36.0 Å². The number of carbonyl (C=O) groups is 5. The smallest absolute Gasteiger partial charge is 0.255 e. The minimum atomic E-state index is -1.24. The first-order chi connectivity index (χ1) is 16.9. The molecule has 1 aromatic rings. The molecule has 190 valence electrons. The Morgan fingerprint density at radius 1 is 1.17 bits per heavy atom. The Balaban J connectivity index is 1.70. The summed E-state index contributed by atoms with van der Waals surface area (Å²) in [6.07, 6.45) is 1.43. The molecule has 0 radical (unpaired) electrons. The summed E-state index contributed by atoms with van der Waals surface area (Å²) >= 11 is 0. The third kappa shape index (κ3) is 7.41. The number of hydrogen-bond donors (Lipinski definition) is 5. The molecule has 0 aliphatic carbocycles. The van der Waals surface area contributed by atoms with Crippen molar-refractivity contribution in [2.45, 2.75) is 37.8 Å². The molecule has 0 spiro atoms. The number of para-hydroxylation sites is 1. The van der Waals surface area contributed by atoms with Gasteiger partial charge in [0.1, 0.15) is 24.4 Å². The Bertz CT molecular complexity index is 954. The van der Waals surface area contributed by atoms with E-state index in [1.807, 2.05) is 0 Å². The minimum absolute atomic E-state index is 0.0472. The monoisotopic (exact) mass is 489 g/mol. The van der Waals surface area contributed by atoms with Gasteiger partial charge in [0, 0.05) is 26.1 Å². The highest BCUT2D eigenvalue weighted by Crippen LogP contribution is 2.18. The molecule has 2 atom stereocenters. The summed E-state index contributed by atoms with van der Waals surface area (Å²) in [6, 6.07) is 3.97. The van der Waals surface area contributed by atoms with Crippen molar-refractivity contribution in [3.63, 3.8) is 0 Å². The summed E-state index contributed by atoms with van der Waals surface area (Å²) < 4.78 is 5.62. The first-order valence-electron chi connectivity index (χ1n) is 11.6. The predicted octanol–water partition coefficient (Wildman–Crippen LogP) is -1.71. The number of amides is 5. The van der Waals surface area contributed by atoms with Gasteiger partial charge in [0.25, 0.3) is 5.91 Å². The van der Waals surface area contributed by atoms with Gasteiger partial charge in [0.05, 0.1) is 25.1 Å². The van der Waals surface area contributed by atoms with Crippen molar-refractivity contribution in [1.29, 1.82) is 0 Å². The summed E-state index contributed by atoms with van der Waals surface area (Å²) in [6.45, 7) is 0.958. The van der Waals surface area contributed by atoms with Crippen LogP contribution < -0.4 is 26.0 Å². The van der Waals surface area contributed by atoms with E-state index in [4.69, 9.17) is 4.74 Å². The van der Waals surface area contributed by atoms with E-state index >= 15 is 0 Å². The second-order valence-electron chi connectivity index (χ2n) is 8.30. The molecule has 5 N–H and O–H groups in total. The van der Waals surface area contributed by atoms with Gasteiger partial charge in [-0.2, -0.15) is 0 Å². The van der Waals surface area contributed by atoms with Crippen LogP contribution in [-0.2, 0) is 19.2 Å². The van der Waals surface area contributed by atoms with Crippen LogP contribution >= 0.6 is 0 Å². The van der Waals surface area contributed by atoms with Gasteiger partial charge in [-0.25, -0.2) is 0 Å². The van der Waals surface area contributed by atoms with E-state index in [2.05, 4.69) is 21.3 Å². The van der Waals surface area contributed by atoms with Crippen LogP contribution in [-0.4, -0.2) is 91.0 Å². The maximum absolute atomic E-state index is 13.0. The van der Waals surface area contributed by atoms with Gasteiger partial charge in [0.2, 0.25) is 23.6 Å². The molecule has 1 saturated heterocycles. The van der Waals surface area contributed by atoms with E-state index < -0.39 is 48.7 Å². The molecule has 1 fully saturated rings. The Morgan fingerprint density at radius 2 is 1.97 bits per heavy atom. The average molecular weight is 490 g/mol. The van der Waals surface area contributed by atoms with E-state index in [-0.39, 0.29) is 36.9 Å². The Kier molecular flexibility index (Phi) is 9.41. The van der Waals surface area contributed by atoms with Crippen molar-refractivity contribution in [1.82, 2.24) is 26.2 Å². The lowest BCUT2D eigenvalue weighted by Crippen LogP contribution is -2.53. The van der Waals surface area contributed by atoms with Crippen LogP contribution in [0.15, 0.2) is 24.3 Å². The molecular weight excluding hydrogens is 458 g/mol. The van der Waals surface area contributed by atoms with E-state index in [0.29, 0.717) is 25.9 Å². The quantitative estimate of drug-likeness (QED) is 0.297. The van der Waals surface area contributed by atoms with Crippen LogP contribution in [0.25, 0.3) is 0 Å². The van der Waals surface area contributed by atoms with E-state index in [0.717, 1.165) is 6.42 Å². The average Bonchev–Trinajstić information content (AvgIpc) is 3.26. The number of nitrogens with zero attached hydrogens (tertiary/aromatic N) is 1. The summed E-state index contributed by atoms with van der Waals surface area (Å²) in [7, 11) is 0. The number of carbonyl (C=O) groups excluding carboxylic acids is 5. The van der Waals surface area contributed by atoms with Crippen molar-refractivity contribution in [2.24, 2.45) is 0 Å². The van der Waals surface area contributed by atoms with Crippen LogP contribution in [0.5, 0.6) is 5.75 Å². The lowest BCUT2D eigenvalue weighted by atomic mass is 10.1. The highest BCUT2D eigenvalue weighted by Gasteiger charge is 2.28. The molecule has 1 aromatic carbocycles. The maximum atomic E-state index is 13.0. The van der Waals surface area contributed by atoms with Gasteiger partial charge in [0.15, 0.2) is 0 Å². The van der Waals surface area contributed by atoms with Gasteiger partial charge in [-0.1, -0.05) is 12.1 Å². The molecule has 0 bridgehead atoms. The number of benzene rings is 1. The number of aliphatic hydroxyl groups is 1. The lowest BCUT2D eigenvalue weighted by Gasteiger charge is -2.22. The molecule has 12 heteroatoms. The van der Waals surface area contributed by atoms with Crippen molar-refractivity contribution in [2.75, 3.05) is 39.4 Å². The number of rotatable bonds is 6. The zero-order valence-electron chi connectivity index (χ0n) is 19.4. The fourth-order valence-electron chi connectivity index (χ4n) is 3.86. The van der Waals surface area contributed by atoms with Crippen LogP contribution in [0.4, 0.5) is 0 Å². The zero-order valence-corrected chi connectivity index (χ0v) is 19.4. The number of likely N-dealkylation sites (tertiary alicyclic amines) is 1. The molecule has 35 heavy (non-hydrogen) atoms. The van der Waals surface area contributed by atoms with E-state index in [1.54, 1.807) is 23.1 Å². The molecular formula is C23H31N5O7. The maximum Gasteiger partial charge on any atom is 0.255 e. The molecule has 12 nitrogen and oxygen atoms in total. The highest BCUT2D eigenvalue weighted by atomic mass is 16.5. The molecule has 2 heterocycles. The molecule has 2 aliphatic rings. The number of ether oxygens (including phenoxy) is 1. The molecule has 3 rings (SSSR count). The van der Waals surface area contributed by atoms with Crippen LogP contribution in [0.2, 0.25) is 0 Å². The van der Waals surface area contributed by atoms with Gasteiger partial charge >= 0.3 is 0 Å². The van der Waals surface area contributed by atoms with Crippen molar-refractivity contribution in [3.05, 3.63) is 29.8 Å². The standard InChI is InChI=1S/C23H31N5O7/c29-14-17-23(34)25-9-12-35-18-6-2-1-5-15(18)21(32)27-16(13-19(30)26-17)22(33)24-8-4-11-28-10-3-7-20(28)31/h1-2,5-6,16-17,29H,3-4,7-14H2,(H,24,33)(H,25,34)(H,26,30)(H,27,32)/t16-,17-/m0/s1. The molecule has 0 saturated carbocycles. The number of hydrogen-bond acceptors (Lipinski definition) is 7. The first kappa shape index (κ1) is 25.9. The largest absolute Gasteiger partial charge is 0.491 e. The predicted molar refractivity (Wildman–Crippen MR) is 123 cm³/mol. The highest BCUT2D eigenvalue weighted by molar-refractivity contribution is 6.01. The van der Waals surface area contributed by atoms with Crippen molar-refractivity contribution >= 4 is 29.5 Å². The van der Waals surface area contributed by atoms with E-state index in [1.165, 1.54) is 6.07 Å². The Hall–Kier alpha value is -3.67. The Labute approximate surface area is 202 Å². The zero-order chi connectivity index (χ0) is 25.2. The number of nitrogens with one attached hydrogen (secondary N) is 4. The normalized spacial score (nSPS) is 21.7. The molecule has 0 aromatic heterocycles. The van der Waals surface area contributed by atoms with E-state index in [9.17, 15) is 29.1 Å². The molecule has 2 aliphatic heterocycles. The summed E-state index contributed by atoms with van der Waals surface area (Å²) in [4.78, 5) is 64.1. The third-order valence-electron chi connectivity index (χ3n) is 5.71. The lowest BCUT2D eigenvalue weighted by molar-refractivity contribution is -0.131. The van der Waals surface area contributed by atoms with Crippen molar-refractivity contribution < 1.29 is 33.8 Å². The van der Waals surface area contributed by atoms with Crippen LogP contribution in [0, 0.1) is 0 Å². The number of aliphatic hydroxyl groups excluding tert-OH is 1. The summed E-state index contributed by atoms with van der Waals surface area (Å²) in [5, 5.41) is 19.7. The summed E-state index contributed by atoms with van der Waals surface area (Å²) in [5.41, 5.74) is 0.176. The number of fused-ring (bicyclic) bond motifs is 1. The SMILES string of the molecule is O=C1C[C@@H](C(=O)NCCCN2CCCC2=O)NC(=O)c2ccccc2OCCNC(=O)[C@H](CO)N1. The summed E-state index contributed by atoms with van der Waals surface area (Å²) in [5.74, 6) is -2.13. The van der Waals surface area contributed by atoms with Gasteiger partial charge in [-0.3, -0.25) is 24.0 Å². The first-order valence-corrected chi connectivity index (χ1v) is 11.6.